The molecule has 2 saturated heterocycles. The molecule has 4 aromatic rings. The van der Waals surface area contributed by atoms with Crippen LogP contribution in [0.15, 0.2) is 30.9 Å². The van der Waals surface area contributed by atoms with Crippen LogP contribution >= 0.6 is 27.3 Å². The second kappa shape index (κ2) is 12.2. The number of carbonyl (C=O) groups is 1. The molecule has 0 aliphatic carbocycles. The number of imidazole rings is 1. The number of hydrogen-bond acceptors (Lipinski definition) is 14. The largest absolute Gasteiger partial charge is 0.383 e. The van der Waals surface area contributed by atoms with E-state index < -0.39 is 51.7 Å². The standard InChI is InChI=1S/C22H27N9O9P2S/c23-20-19-22(26-9-25-20)30(10-27-19)17-6-14(15(39-17)8-37-42(34,35)43)40-41(33)36-7-11-4-5-16(38-11)31-13-3-1-2-12(21(24)32)18(13)28-29-31/h1-3,9-11,14-17,41H,4-8H2,(H2,24,32)(H2,23,25,26)(H2,34,35,43)/t11-,14-,15+,16+,17+/m0/s1. The summed E-state index contributed by atoms with van der Waals surface area (Å²) in [7, 11) is -3.08. The number of aromatic nitrogens is 7. The maximum absolute atomic E-state index is 12.9. The first-order valence-electron chi connectivity index (χ1n) is 13.0. The summed E-state index contributed by atoms with van der Waals surface area (Å²) in [5.74, 6) is -0.421. The van der Waals surface area contributed by atoms with E-state index in [1.165, 1.54) is 12.7 Å². The van der Waals surface area contributed by atoms with Crippen molar-refractivity contribution in [3.8, 4) is 0 Å². The first kappa shape index (κ1) is 30.1. The molecule has 5 heterocycles. The molecule has 2 aliphatic rings. The molecular formula is C22H27N9O9P2S. The quantitative estimate of drug-likeness (QED) is 0.133. The van der Waals surface area contributed by atoms with E-state index in [1.807, 2.05) is 0 Å². The Morgan fingerprint density at radius 3 is 2.81 bits per heavy atom. The van der Waals surface area contributed by atoms with Crippen LogP contribution < -0.4 is 11.5 Å². The molecule has 5 N–H and O–H groups in total. The molecule has 2 fully saturated rings. The lowest BCUT2D eigenvalue weighted by molar-refractivity contribution is -0.0393. The number of nitrogens with two attached hydrogens (primary N) is 2. The van der Waals surface area contributed by atoms with Crippen LogP contribution in [0.3, 0.4) is 0 Å². The van der Waals surface area contributed by atoms with Gasteiger partial charge in [0.2, 0.25) is 0 Å². The maximum Gasteiger partial charge on any atom is 0.383 e. The van der Waals surface area contributed by atoms with Crippen molar-refractivity contribution in [3.05, 3.63) is 36.4 Å². The minimum atomic E-state index is -4.13. The van der Waals surface area contributed by atoms with Gasteiger partial charge in [-0.25, -0.2) is 24.2 Å². The fourth-order valence-electron chi connectivity index (χ4n) is 5.08. The van der Waals surface area contributed by atoms with Gasteiger partial charge in [0.25, 0.3) is 5.91 Å². The van der Waals surface area contributed by atoms with Gasteiger partial charge in [0.1, 0.15) is 29.7 Å². The number of nitrogen functional groups attached to an aromatic ring is 1. The van der Waals surface area contributed by atoms with E-state index in [0.29, 0.717) is 35.0 Å². The average Bonchev–Trinajstić information content (AvgIpc) is 3.75. The number of thiol groups is 1. The normalized spacial score (nSPS) is 26.2. The Hall–Kier alpha value is -2.99. The number of rotatable bonds is 11. The second-order valence-electron chi connectivity index (χ2n) is 9.81. The Labute approximate surface area is 248 Å². The van der Waals surface area contributed by atoms with Crippen molar-refractivity contribution < 1.29 is 41.9 Å². The molecule has 0 radical (unpaired) electrons. The van der Waals surface area contributed by atoms with E-state index in [1.54, 1.807) is 27.4 Å². The summed E-state index contributed by atoms with van der Waals surface area (Å²) < 4.78 is 55.9. The minimum absolute atomic E-state index is 0.0313. The number of ether oxygens (including phenoxy) is 2. The molecule has 0 bridgehead atoms. The number of fused-ring (bicyclic) bond motifs is 2. The summed E-state index contributed by atoms with van der Waals surface area (Å²) in [6.45, 7) is -4.53. The Bertz CT molecular complexity index is 1730. The molecule has 2 unspecified atom stereocenters. The van der Waals surface area contributed by atoms with Crippen molar-refractivity contribution in [2.24, 2.45) is 5.73 Å². The fraction of sp³-hybridized carbons (Fsp3) is 0.455. The summed E-state index contributed by atoms with van der Waals surface area (Å²) >= 11 is 3.54. The highest BCUT2D eigenvalue weighted by molar-refractivity contribution is 8.44. The van der Waals surface area contributed by atoms with Gasteiger partial charge in [-0.15, -0.1) is 5.10 Å². The van der Waals surface area contributed by atoms with Crippen LogP contribution in [0.1, 0.15) is 42.1 Å². The fourth-order valence-corrected chi connectivity index (χ4v) is 6.50. The third-order valence-corrected chi connectivity index (χ3v) is 8.77. The van der Waals surface area contributed by atoms with Crippen LogP contribution in [-0.4, -0.2) is 76.8 Å². The molecule has 1 amide bonds. The van der Waals surface area contributed by atoms with Gasteiger partial charge in [-0.2, -0.15) is 0 Å². The molecule has 21 heteroatoms. The van der Waals surface area contributed by atoms with Gasteiger partial charge in [0.05, 0.1) is 42.8 Å². The van der Waals surface area contributed by atoms with Crippen molar-refractivity contribution in [3.63, 3.8) is 0 Å². The van der Waals surface area contributed by atoms with Crippen LogP contribution in [-0.2, 0) is 32.2 Å². The van der Waals surface area contributed by atoms with Gasteiger partial charge < -0.3 is 34.9 Å². The molecule has 0 saturated carbocycles. The summed E-state index contributed by atoms with van der Waals surface area (Å²) in [5, 5.41) is 8.22. The Kier molecular flexibility index (Phi) is 8.52. The average molecular weight is 656 g/mol. The van der Waals surface area contributed by atoms with E-state index in [9.17, 15) is 18.8 Å². The summed E-state index contributed by atoms with van der Waals surface area (Å²) in [6.07, 6.45) is 0.741. The van der Waals surface area contributed by atoms with Crippen molar-refractivity contribution >= 4 is 61.2 Å². The van der Waals surface area contributed by atoms with E-state index in [0.717, 1.165) is 0 Å². The number of primary amides is 1. The molecule has 2 aliphatic heterocycles. The number of carbonyl (C=O) groups excluding carboxylic acids is 1. The van der Waals surface area contributed by atoms with Gasteiger partial charge in [-0.05, 0) is 25.0 Å². The second-order valence-corrected chi connectivity index (χ2v) is 13.6. The molecule has 230 valence electrons. The molecule has 1 aromatic carbocycles. The van der Waals surface area contributed by atoms with Crippen molar-refractivity contribution in [2.45, 2.75) is 50.0 Å². The zero-order valence-electron chi connectivity index (χ0n) is 22.2. The maximum atomic E-state index is 12.9. The van der Waals surface area contributed by atoms with Crippen LogP contribution in [0, 0.1) is 0 Å². The van der Waals surface area contributed by atoms with Crippen molar-refractivity contribution in [2.75, 3.05) is 18.9 Å². The van der Waals surface area contributed by atoms with Gasteiger partial charge in [-0.1, -0.05) is 23.5 Å². The molecule has 6 rings (SSSR count). The summed E-state index contributed by atoms with van der Waals surface area (Å²) in [6, 6.07) is 5.02. The smallest absolute Gasteiger partial charge is 0.382 e. The first-order chi connectivity index (χ1) is 20.6. The van der Waals surface area contributed by atoms with Crippen molar-refractivity contribution in [1.82, 2.24) is 34.5 Å². The van der Waals surface area contributed by atoms with Gasteiger partial charge in [0.15, 0.2) is 17.7 Å². The van der Waals surface area contributed by atoms with E-state index in [2.05, 4.69) is 37.5 Å². The molecule has 18 nitrogen and oxygen atoms in total. The highest BCUT2D eigenvalue weighted by Gasteiger charge is 2.40. The number of anilines is 1. The molecule has 7 atom stereocenters. The van der Waals surface area contributed by atoms with E-state index in [4.69, 9.17) is 34.5 Å². The molecular weight excluding hydrogens is 628 g/mol. The van der Waals surface area contributed by atoms with Crippen LogP contribution in [0.4, 0.5) is 5.82 Å². The lowest BCUT2D eigenvalue weighted by atomic mass is 10.1. The SMILES string of the molecule is NC(=O)c1cccc2c1nnn2[C@H]1CC[C@@H](CO[PH](=O)O[C@H]2C[C@H](n3cnc4c(N)ncnc43)O[C@@H]2COP(=O)(O)S)O1. The van der Waals surface area contributed by atoms with Crippen LogP contribution in [0.25, 0.3) is 22.2 Å². The third kappa shape index (κ3) is 6.45. The monoisotopic (exact) mass is 655 g/mol. The summed E-state index contributed by atoms with van der Waals surface area (Å²) in [5.41, 5.74) is 13.3. The first-order valence-corrected chi connectivity index (χ1v) is 16.9. The predicted octanol–water partition coefficient (Wildman–Crippen LogP) is 1.76. The van der Waals surface area contributed by atoms with Crippen LogP contribution in [0.5, 0.6) is 0 Å². The zero-order chi connectivity index (χ0) is 30.3. The molecule has 43 heavy (non-hydrogen) atoms. The Morgan fingerprint density at radius 2 is 2.02 bits per heavy atom. The highest BCUT2D eigenvalue weighted by Crippen LogP contribution is 2.48. The predicted molar refractivity (Wildman–Crippen MR) is 152 cm³/mol. The van der Waals surface area contributed by atoms with E-state index in [-0.39, 0.29) is 31.0 Å². The van der Waals surface area contributed by atoms with Crippen LogP contribution in [0.2, 0.25) is 0 Å². The minimum Gasteiger partial charge on any atom is -0.382 e. The number of hydrogen-bond donors (Lipinski definition) is 4. The topological polar surface area (TPSA) is 244 Å². The molecule has 0 spiro atoms. The third-order valence-electron chi connectivity index (χ3n) is 7.05. The number of amides is 1. The van der Waals surface area contributed by atoms with Crippen molar-refractivity contribution in [1.29, 1.82) is 0 Å². The van der Waals surface area contributed by atoms with Gasteiger partial charge >= 0.3 is 15.1 Å². The molecule has 3 aromatic heterocycles. The van der Waals surface area contributed by atoms with Gasteiger partial charge in [-0.3, -0.25) is 18.5 Å². The number of benzene rings is 1. The highest BCUT2D eigenvalue weighted by atomic mass is 32.7. The Balaban J connectivity index is 1.08. The lowest BCUT2D eigenvalue weighted by Crippen LogP contribution is -2.27. The summed E-state index contributed by atoms with van der Waals surface area (Å²) in [4.78, 5) is 33.6. The van der Waals surface area contributed by atoms with E-state index >= 15 is 0 Å². The Morgan fingerprint density at radius 1 is 1.19 bits per heavy atom. The van der Waals surface area contributed by atoms with Gasteiger partial charge in [0, 0.05) is 6.42 Å². The number of nitrogens with zero attached hydrogens (tertiary/aromatic N) is 7. The lowest BCUT2D eigenvalue weighted by Gasteiger charge is -2.19. The zero-order valence-corrected chi connectivity index (χ0v) is 25.0.